The molecule has 26 heavy (non-hydrogen) atoms. The third-order valence-electron chi connectivity index (χ3n) is 4.92. The van der Waals surface area contributed by atoms with Crippen molar-refractivity contribution < 1.29 is 17.5 Å². The minimum atomic E-state index is -3.21. The van der Waals surface area contributed by atoms with Crippen molar-refractivity contribution in [2.45, 2.75) is 57.0 Å². The molecule has 1 saturated heterocycles. The summed E-state index contributed by atoms with van der Waals surface area (Å²) in [6.07, 6.45) is 5.91. The first-order valence-electron chi connectivity index (χ1n) is 9.43. The van der Waals surface area contributed by atoms with Gasteiger partial charge in [-0.05, 0) is 62.3 Å². The highest BCUT2D eigenvalue weighted by atomic mass is 32.2. The fourth-order valence-electron chi connectivity index (χ4n) is 3.53. The van der Waals surface area contributed by atoms with Gasteiger partial charge in [0.25, 0.3) is 0 Å². The van der Waals surface area contributed by atoms with Gasteiger partial charge in [-0.2, -0.15) is 0 Å². The molecule has 1 aromatic carbocycles. The summed E-state index contributed by atoms with van der Waals surface area (Å²) in [7, 11) is -3.21. The van der Waals surface area contributed by atoms with Crippen molar-refractivity contribution in [3.8, 4) is 0 Å². The Kier molecular flexibility index (Phi) is 8.47. The van der Waals surface area contributed by atoms with Gasteiger partial charge >= 0.3 is 0 Å². The number of ether oxygens (including phenoxy) is 1. The number of halogens is 1. The molecule has 2 rings (SSSR count). The normalized spacial score (nSPS) is 22.3. The number of piperidine rings is 1. The molecule has 1 fully saturated rings. The van der Waals surface area contributed by atoms with Crippen LogP contribution in [0.5, 0.6) is 0 Å². The molecule has 5 nitrogen and oxygen atoms in total. The third kappa shape index (κ3) is 7.31. The summed E-state index contributed by atoms with van der Waals surface area (Å²) < 4.78 is 44.5. The Labute approximate surface area is 156 Å². The standard InChI is InChI=1S/C19H31FN2O3S/c1-3-15(16-8-10-17(20)11-9-16)6-5-13-25-14-19-18(7-4-12-21-19)22-26(2,23)24/h8-11,15,18-19,21-22H,3-7,12-14H2,1-2H3/t15-,18-,19-/m0/s1. The van der Waals surface area contributed by atoms with Crippen molar-refractivity contribution in [2.24, 2.45) is 0 Å². The minimum absolute atomic E-state index is 0.0116. The average Bonchev–Trinajstić information content (AvgIpc) is 2.59. The molecule has 3 atom stereocenters. The molecule has 0 bridgehead atoms. The average molecular weight is 387 g/mol. The van der Waals surface area contributed by atoms with Crippen molar-refractivity contribution >= 4 is 10.0 Å². The van der Waals surface area contributed by atoms with Gasteiger partial charge in [-0.3, -0.25) is 0 Å². The highest BCUT2D eigenvalue weighted by Gasteiger charge is 2.27. The molecule has 0 amide bonds. The molecule has 2 N–H and O–H groups in total. The monoisotopic (exact) mass is 386 g/mol. The van der Waals surface area contributed by atoms with Gasteiger partial charge in [0.2, 0.25) is 10.0 Å². The highest BCUT2D eigenvalue weighted by molar-refractivity contribution is 7.88. The van der Waals surface area contributed by atoms with E-state index in [1.807, 2.05) is 12.1 Å². The Morgan fingerprint density at radius 2 is 2.08 bits per heavy atom. The lowest BCUT2D eigenvalue weighted by Crippen LogP contribution is -2.55. The molecule has 0 unspecified atom stereocenters. The summed E-state index contributed by atoms with van der Waals surface area (Å²) in [5, 5.41) is 3.35. The molecule has 0 radical (unpaired) electrons. The molecule has 0 aromatic heterocycles. The molecule has 148 valence electrons. The van der Waals surface area contributed by atoms with Crippen LogP contribution in [0.25, 0.3) is 0 Å². The number of sulfonamides is 1. The lowest BCUT2D eigenvalue weighted by atomic mass is 9.92. The molecule has 0 saturated carbocycles. The van der Waals surface area contributed by atoms with Crippen LogP contribution in [0.1, 0.15) is 50.5 Å². The number of rotatable bonds is 10. The second-order valence-corrected chi connectivity index (χ2v) is 8.85. The van der Waals surface area contributed by atoms with Crippen molar-refractivity contribution in [1.29, 1.82) is 0 Å². The van der Waals surface area contributed by atoms with Gasteiger partial charge in [0.05, 0.1) is 12.9 Å². The predicted molar refractivity (Wildman–Crippen MR) is 102 cm³/mol. The second kappa shape index (κ2) is 10.3. The summed E-state index contributed by atoms with van der Waals surface area (Å²) in [6, 6.07) is 6.64. The zero-order valence-corrected chi connectivity index (χ0v) is 16.5. The molecule has 0 spiro atoms. The maximum absolute atomic E-state index is 13.0. The number of hydrogen-bond donors (Lipinski definition) is 2. The molecule has 1 aliphatic rings. The Hall–Kier alpha value is -1.02. The summed E-state index contributed by atoms with van der Waals surface area (Å²) in [6.45, 7) is 4.17. The zero-order valence-electron chi connectivity index (χ0n) is 15.7. The van der Waals surface area contributed by atoms with Crippen molar-refractivity contribution in [2.75, 3.05) is 26.0 Å². The lowest BCUT2D eigenvalue weighted by Gasteiger charge is -2.32. The number of benzene rings is 1. The van der Waals surface area contributed by atoms with Crippen LogP contribution in [0, 0.1) is 5.82 Å². The van der Waals surface area contributed by atoms with Gasteiger partial charge < -0.3 is 10.1 Å². The zero-order chi connectivity index (χ0) is 19.0. The number of hydrogen-bond acceptors (Lipinski definition) is 4. The second-order valence-electron chi connectivity index (χ2n) is 7.07. The van der Waals surface area contributed by atoms with E-state index in [1.54, 1.807) is 0 Å². The third-order valence-corrected chi connectivity index (χ3v) is 5.65. The molecular weight excluding hydrogens is 355 g/mol. The molecule has 0 aliphatic carbocycles. The van der Waals surface area contributed by atoms with Crippen LogP contribution in [-0.2, 0) is 14.8 Å². The van der Waals surface area contributed by atoms with Gasteiger partial charge in [-0.1, -0.05) is 19.1 Å². The van der Waals surface area contributed by atoms with Crippen LogP contribution in [0.3, 0.4) is 0 Å². The molecule has 1 aromatic rings. The first-order valence-corrected chi connectivity index (χ1v) is 11.3. The molecule has 7 heteroatoms. The minimum Gasteiger partial charge on any atom is -0.380 e. The van der Waals surface area contributed by atoms with E-state index in [0.29, 0.717) is 19.1 Å². The van der Waals surface area contributed by atoms with Crippen LogP contribution in [0.2, 0.25) is 0 Å². The quantitative estimate of drug-likeness (QED) is 0.607. The fraction of sp³-hybridized carbons (Fsp3) is 0.684. The largest absolute Gasteiger partial charge is 0.380 e. The van der Waals surface area contributed by atoms with E-state index in [9.17, 15) is 12.8 Å². The van der Waals surface area contributed by atoms with E-state index in [1.165, 1.54) is 24.0 Å². The van der Waals surface area contributed by atoms with Crippen LogP contribution in [-0.4, -0.2) is 46.5 Å². The summed E-state index contributed by atoms with van der Waals surface area (Å²) >= 11 is 0. The van der Waals surface area contributed by atoms with Crippen molar-refractivity contribution in [1.82, 2.24) is 10.0 Å². The maximum Gasteiger partial charge on any atom is 0.209 e. The fourth-order valence-corrected chi connectivity index (χ4v) is 4.36. The lowest BCUT2D eigenvalue weighted by molar-refractivity contribution is 0.0905. The Bertz CT molecular complexity index is 637. The predicted octanol–water partition coefficient (Wildman–Crippen LogP) is 2.79. The SMILES string of the molecule is CC[C@@H](CCCOC[C@@H]1NCCC[C@@H]1NS(C)(=O)=O)c1ccc(F)cc1. The van der Waals surface area contributed by atoms with Crippen LogP contribution < -0.4 is 10.0 Å². The smallest absolute Gasteiger partial charge is 0.209 e. The summed E-state index contributed by atoms with van der Waals surface area (Å²) in [4.78, 5) is 0. The number of nitrogens with one attached hydrogen (secondary N) is 2. The Balaban J connectivity index is 1.72. The van der Waals surface area contributed by atoms with Gasteiger partial charge in [0.1, 0.15) is 5.82 Å². The maximum atomic E-state index is 13.0. The van der Waals surface area contributed by atoms with Crippen LogP contribution in [0.15, 0.2) is 24.3 Å². The Morgan fingerprint density at radius 1 is 1.35 bits per heavy atom. The van der Waals surface area contributed by atoms with Gasteiger partial charge in [-0.15, -0.1) is 0 Å². The van der Waals surface area contributed by atoms with E-state index in [-0.39, 0.29) is 17.9 Å². The summed E-state index contributed by atoms with van der Waals surface area (Å²) in [5.41, 5.74) is 1.17. The molecule has 1 heterocycles. The van der Waals surface area contributed by atoms with E-state index < -0.39 is 10.0 Å². The molecule has 1 aliphatic heterocycles. The van der Waals surface area contributed by atoms with Gasteiger partial charge in [0, 0.05) is 18.7 Å². The molecular formula is C19H31FN2O3S. The summed E-state index contributed by atoms with van der Waals surface area (Å²) in [5.74, 6) is 0.204. The topological polar surface area (TPSA) is 67.4 Å². The first-order chi connectivity index (χ1) is 12.4. The van der Waals surface area contributed by atoms with Crippen molar-refractivity contribution in [3.05, 3.63) is 35.6 Å². The highest BCUT2D eigenvalue weighted by Crippen LogP contribution is 2.24. The first kappa shape index (κ1) is 21.3. The van der Waals surface area contributed by atoms with Crippen LogP contribution >= 0.6 is 0 Å². The van der Waals surface area contributed by atoms with E-state index >= 15 is 0 Å². The van der Waals surface area contributed by atoms with Crippen LogP contribution in [0.4, 0.5) is 4.39 Å². The van der Waals surface area contributed by atoms with E-state index in [0.717, 1.165) is 38.6 Å². The van der Waals surface area contributed by atoms with E-state index in [2.05, 4.69) is 17.0 Å². The van der Waals surface area contributed by atoms with Gasteiger partial charge in [-0.25, -0.2) is 17.5 Å². The van der Waals surface area contributed by atoms with Gasteiger partial charge in [0.15, 0.2) is 0 Å². The Morgan fingerprint density at radius 3 is 2.73 bits per heavy atom. The van der Waals surface area contributed by atoms with E-state index in [4.69, 9.17) is 4.74 Å². The van der Waals surface area contributed by atoms with Crippen molar-refractivity contribution in [3.63, 3.8) is 0 Å².